The Morgan fingerprint density at radius 2 is 1.88 bits per heavy atom. The van der Waals surface area contributed by atoms with Crippen LogP contribution in [0.4, 0.5) is 0 Å². The zero-order valence-corrected chi connectivity index (χ0v) is 21.9. The summed E-state index contributed by atoms with van der Waals surface area (Å²) in [6, 6.07) is 16.9. The lowest BCUT2D eigenvalue weighted by molar-refractivity contribution is 0.675. The third-order valence-electron chi connectivity index (χ3n) is 5.91. The molecule has 0 aliphatic heterocycles. The number of halogens is 1. The van der Waals surface area contributed by atoms with Gasteiger partial charge in [-0.05, 0) is 43.9 Å². The summed E-state index contributed by atoms with van der Waals surface area (Å²) in [6.07, 6.45) is 3.01. The Bertz CT molecular complexity index is 1210. The van der Waals surface area contributed by atoms with Crippen LogP contribution < -0.4 is 10.6 Å². The molecule has 0 spiro atoms. The van der Waals surface area contributed by atoms with Gasteiger partial charge in [-0.3, -0.25) is 0 Å². The number of aromatic amines is 1. The number of aryl methyl sites for hydroxylation is 2. The monoisotopic (exact) mass is 557 g/mol. The van der Waals surface area contributed by atoms with Gasteiger partial charge in [0.25, 0.3) is 0 Å². The van der Waals surface area contributed by atoms with E-state index < -0.39 is 0 Å². The summed E-state index contributed by atoms with van der Waals surface area (Å²) >= 11 is 0. The molecule has 0 amide bonds. The predicted octanol–water partition coefficient (Wildman–Crippen LogP) is 4.57. The molecule has 0 saturated heterocycles. The van der Waals surface area contributed by atoms with Crippen LogP contribution in [0, 0.1) is 13.8 Å². The molecular formula is C25H32IN7. The summed E-state index contributed by atoms with van der Waals surface area (Å²) in [4.78, 5) is 8.20. The fourth-order valence-electron chi connectivity index (χ4n) is 3.81. The number of nitrogens with zero attached hydrogens (tertiary/aromatic N) is 4. The lowest BCUT2D eigenvalue weighted by Crippen LogP contribution is -2.39. The zero-order valence-electron chi connectivity index (χ0n) is 19.6. The molecule has 0 aliphatic rings. The van der Waals surface area contributed by atoms with E-state index in [1.54, 1.807) is 0 Å². The largest absolute Gasteiger partial charge is 0.361 e. The number of hydrogen-bond acceptors (Lipinski definition) is 3. The molecule has 0 fully saturated rings. The SMILES string of the molecule is Cc1cccc2c(CCNC(=NCc3nnc(C)n3C)NC(C)c3ccccc3)c[nH]c12.I. The van der Waals surface area contributed by atoms with Crippen LogP contribution in [0.5, 0.6) is 0 Å². The molecule has 1 unspecified atom stereocenters. The van der Waals surface area contributed by atoms with E-state index in [1.807, 2.05) is 24.6 Å². The van der Waals surface area contributed by atoms with Crippen molar-refractivity contribution in [3.05, 3.63) is 83.1 Å². The van der Waals surface area contributed by atoms with Gasteiger partial charge in [0.05, 0.1) is 6.04 Å². The highest BCUT2D eigenvalue weighted by atomic mass is 127. The summed E-state index contributed by atoms with van der Waals surface area (Å²) in [6.45, 7) is 7.45. The van der Waals surface area contributed by atoms with Crippen molar-refractivity contribution in [1.82, 2.24) is 30.4 Å². The minimum absolute atomic E-state index is 0. The van der Waals surface area contributed by atoms with Crippen LogP contribution in [0.1, 0.15) is 41.3 Å². The molecule has 7 nitrogen and oxygen atoms in total. The minimum Gasteiger partial charge on any atom is -0.361 e. The molecule has 2 aromatic carbocycles. The van der Waals surface area contributed by atoms with Crippen molar-refractivity contribution in [3.63, 3.8) is 0 Å². The van der Waals surface area contributed by atoms with E-state index in [2.05, 4.69) is 88.3 Å². The number of H-pyrrole nitrogens is 1. The molecular weight excluding hydrogens is 525 g/mol. The number of nitrogens with one attached hydrogen (secondary N) is 3. The number of aromatic nitrogens is 4. The summed E-state index contributed by atoms with van der Waals surface area (Å²) in [5.74, 6) is 2.48. The molecule has 1 atom stereocenters. The first-order valence-corrected chi connectivity index (χ1v) is 11.0. The van der Waals surface area contributed by atoms with Gasteiger partial charge in [-0.1, -0.05) is 48.5 Å². The van der Waals surface area contributed by atoms with Gasteiger partial charge in [-0.2, -0.15) is 0 Å². The first-order valence-electron chi connectivity index (χ1n) is 11.0. The lowest BCUT2D eigenvalue weighted by Gasteiger charge is -2.19. The first kappa shape index (κ1) is 24.8. The van der Waals surface area contributed by atoms with Gasteiger partial charge in [0.2, 0.25) is 0 Å². The van der Waals surface area contributed by atoms with Crippen LogP contribution in [-0.4, -0.2) is 32.3 Å². The van der Waals surface area contributed by atoms with Crippen LogP contribution in [0.15, 0.2) is 59.7 Å². The van der Waals surface area contributed by atoms with E-state index >= 15 is 0 Å². The molecule has 0 aliphatic carbocycles. The molecule has 0 radical (unpaired) electrons. The quantitative estimate of drug-likeness (QED) is 0.177. The van der Waals surface area contributed by atoms with Gasteiger partial charge in [0.1, 0.15) is 12.4 Å². The third-order valence-corrected chi connectivity index (χ3v) is 5.91. The Hall–Kier alpha value is -2.88. The Morgan fingerprint density at radius 1 is 1.09 bits per heavy atom. The third kappa shape index (κ3) is 5.93. The number of para-hydroxylation sites is 1. The van der Waals surface area contributed by atoms with Crippen molar-refractivity contribution >= 4 is 40.8 Å². The highest BCUT2D eigenvalue weighted by molar-refractivity contribution is 14.0. The van der Waals surface area contributed by atoms with E-state index in [1.165, 1.54) is 27.6 Å². The number of hydrogen-bond donors (Lipinski definition) is 3. The topological polar surface area (TPSA) is 82.9 Å². The Kier molecular flexibility index (Phi) is 8.49. The minimum atomic E-state index is 0. The molecule has 4 rings (SSSR count). The van der Waals surface area contributed by atoms with Gasteiger partial charge in [-0.25, -0.2) is 4.99 Å². The van der Waals surface area contributed by atoms with Gasteiger partial charge >= 0.3 is 0 Å². The van der Waals surface area contributed by atoms with Crippen LogP contribution in [0.2, 0.25) is 0 Å². The number of aliphatic imine (C=N–C) groups is 1. The van der Waals surface area contributed by atoms with Gasteiger partial charge in [-0.15, -0.1) is 34.2 Å². The van der Waals surface area contributed by atoms with Crippen molar-refractivity contribution in [2.75, 3.05) is 6.54 Å². The maximum atomic E-state index is 4.79. The summed E-state index contributed by atoms with van der Waals surface area (Å²) in [5, 5.41) is 16.7. The van der Waals surface area contributed by atoms with E-state index in [0.29, 0.717) is 6.54 Å². The standard InChI is InChI=1S/C25H31N7.HI/c1-17-9-8-12-22-21(15-27-24(17)22)13-14-26-25(28-16-23-31-30-19(3)32(23)4)29-18(2)20-10-6-5-7-11-20;/h5-12,15,18,27H,13-14,16H2,1-4H3,(H2,26,28,29);1H. The molecule has 2 aromatic heterocycles. The fraction of sp³-hybridized carbons (Fsp3) is 0.320. The van der Waals surface area contributed by atoms with Crippen molar-refractivity contribution in [1.29, 1.82) is 0 Å². The summed E-state index contributed by atoms with van der Waals surface area (Å²) in [7, 11) is 1.96. The van der Waals surface area contributed by atoms with Crippen molar-refractivity contribution in [2.45, 2.75) is 39.8 Å². The Balaban J connectivity index is 0.00000306. The highest BCUT2D eigenvalue weighted by Gasteiger charge is 2.10. The van der Waals surface area contributed by atoms with Crippen LogP contribution >= 0.6 is 24.0 Å². The van der Waals surface area contributed by atoms with E-state index in [0.717, 1.165) is 30.6 Å². The molecule has 8 heteroatoms. The normalized spacial score (nSPS) is 12.4. The van der Waals surface area contributed by atoms with E-state index in [4.69, 9.17) is 4.99 Å². The van der Waals surface area contributed by atoms with Gasteiger partial charge in [0, 0.05) is 30.7 Å². The molecule has 0 saturated carbocycles. The van der Waals surface area contributed by atoms with Crippen molar-refractivity contribution in [2.24, 2.45) is 12.0 Å². The number of benzene rings is 2. The van der Waals surface area contributed by atoms with Crippen molar-refractivity contribution in [3.8, 4) is 0 Å². The highest BCUT2D eigenvalue weighted by Crippen LogP contribution is 2.21. The zero-order chi connectivity index (χ0) is 22.5. The maximum Gasteiger partial charge on any atom is 0.192 e. The van der Waals surface area contributed by atoms with Gasteiger partial charge in [0.15, 0.2) is 11.8 Å². The lowest BCUT2D eigenvalue weighted by atomic mass is 10.1. The molecule has 2 heterocycles. The Labute approximate surface area is 212 Å². The summed E-state index contributed by atoms with van der Waals surface area (Å²) in [5.41, 5.74) is 4.99. The number of fused-ring (bicyclic) bond motifs is 1. The number of guanidine groups is 1. The number of rotatable bonds is 7. The molecule has 4 aromatic rings. The Morgan fingerprint density at radius 3 is 2.61 bits per heavy atom. The average Bonchev–Trinajstić information content (AvgIpc) is 3.36. The van der Waals surface area contributed by atoms with Crippen LogP contribution in [0.25, 0.3) is 10.9 Å². The first-order chi connectivity index (χ1) is 15.5. The second-order valence-electron chi connectivity index (χ2n) is 8.15. The van der Waals surface area contributed by atoms with Gasteiger partial charge < -0.3 is 20.2 Å². The van der Waals surface area contributed by atoms with Crippen LogP contribution in [0.3, 0.4) is 0 Å². The van der Waals surface area contributed by atoms with Crippen molar-refractivity contribution < 1.29 is 0 Å². The van der Waals surface area contributed by atoms with E-state index in [-0.39, 0.29) is 30.0 Å². The molecule has 3 N–H and O–H groups in total. The van der Waals surface area contributed by atoms with Crippen LogP contribution in [-0.2, 0) is 20.0 Å². The predicted molar refractivity (Wildman–Crippen MR) is 145 cm³/mol. The molecule has 0 bridgehead atoms. The second kappa shape index (κ2) is 11.3. The molecule has 33 heavy (non-hydrogen) atoms. The maximum absolute atomic E-state index is 4.79. The summed E-state index contributed by atoms with van der Waals surface area (Å²) < 4.78 is 1.97. The molecule has 174 valence electrons. The van der Waals surface area contributed by atoms with E-state index in [9.17, 15) is 0 Å². The average molecular weight is 557 g/mol. The smallest absolute Gasteiger partial charge is 0.192 e. The fourth-order valence-corrected chi connectivity index (χ4v) is 3.81. The second-order valence-corrected chi connectivity index (χ2v) is 8.15.